The Morgan fingerprint density at radius 2 is 2.00 bits per heavy atom. The Morgan fingerprint density at radius 1 is 1.36 bits per heavy atom. The maximum atomic E-state index is 5.76. The van der Waals surface area contributed by atoms with Crippen LogP contribution >= 0.6 is 6.42 Å². The molecule has 2 nitrogen and oxygen atoms in total. The highest BCUT2D eigenvalue weighted by molar-refractivity contribution is 8.15. The molecular weight excluding hydrogens is 213 g/mol. The van der Waals surface area contributed by atoms with E-state index in [0.29, 0.717) is 6.61 Å². The van der Waals surface area contributed by atoms with Crippen molar-refractivity contribution in [3.05, 3.63) is 30.3 Å². The molecule has 14 heavy (non-hydrogen) atoms. The minimum atomic E-state index is -1.96. The molecule has 0 aliphatic carbocycles. The van der Waals surface area contributed by atoms with Gasteiger partial charge in [0.05, 0.1) is 6.61 Å². The molecule has 1 fully saturated rings. The Balaban J connectivity index is 2.33. The Bertz CT molecular complexity index is 377. The Morgan fingerprint density at radius 3 is 2.50 bits per heavy atom. The topological polar surface area (TPSA) is 21.3 Å². The fraction of sp³-hybridized carbons (Fsp3) is 0.400. The summed E-state index contributed by atoms with van der Waals surface area (Å²) in [5.41, 5.74) is 0.00533. The second-order valence-electron chi connectivity index (χ2n) is 4.16. The monoisotopic (exact) mass is 227 g/mol. The van der Waals surface area contributed by atoms with Gasteiger partial charge in [0, 0.05) is 10.8 Å². The van der Waals surface area contributed by atoms with Crippen molar-refractivity contribution in [1.82, 2.24) is 5.09 Å². The molecule has 1 unspecified atom stereocenters. The second-order valence-corrected chi connectivity index (χ2v) is 7.80. The van der Waals surface area contributed by atoms with Gasteiger partial charge < -0.3 is 4.52 Å². The molecule has 1 N–H and O–H groups in total. The van der Waals surface area contributed by atoms with Crippen molar-refractivity contribution in [2.75, 3.05) is 6.61 Å². The Kier molecular flexibility index (Phi) is 2.52. The predicted octanol–water partition coefficient (Wildman–Crippen LogP) is 2.02. The van der Waals surface area contributed by atoms with Crippen LogP contribution in [-0.2, 0) is 16.3 Å². The summed E-state index contributed by atoms with van der Waals surface area (Å²) in [6.07, 6.45) is -1.96. The van der Waals surface area contributed by atoms with E-state index in [1.165, 1.54) is 0 Å². The largest absolute Gasteiger partial charge is 0.333 e. The van der Waals surface area contributed by atoms with E-state index in [1.54, 1.807) is 0 Å². The van der Waals surface area contributed by atoms with E-state index in [2.05, 4.69) is 18.9 Å². The molecule has 0 bridgehead atoms. The highest BCUT2D eigenvalue weighted by Crippen LogP contribution is 2.49. The van der Waals surface area contributed by atoms with E-state index in [4.69, 9.17) is 16.3 Å². The number of hydrogen-bond acceptors (Lipinski definition) is 2. The number of nitrogens with one attached hydrogen (secondary N) is 1. The smallest absolute Gasteiger partial charge is 0.159 e. The molecule has 1 saturated heterocycles. The molecule has 0 saturated carbocycles. The van der Waals surface area contributed by atoms with Gasteiger partial charge in [-0.2, -0.15) is 0 Å². The fourth-order valence-corrected chi connectivity index (χ4v) is 5.02. The van der Waals surface area contributed by atoms with E-state index in [9.17, 15) is 0 Å². The molecule has 76 valence electrons. The highest BCUT2D eigenvalue weighted by atomic mass is 32.4. The summed E-state index contributed by atoms with van der Waals surface area (Å²) in [5, 5.41) is 4.54. The summed E-state index contributed by atoms with van der Waals surface area (Å²) >= 11 is 5.56. The lowest BCUT2D eigenvalue weighted by Gasteiger charge is -2.19. The van der Waals surface area contributed by atoms with Crippen LogP contribution < -0.4 is 10.4 Å². The normalized spacial score (nSPS) is 30.4. The van der Waals surface area contributed by atoms with Crippen LogP contribution in [0.1, 0.15) is 13.8 Å². The first-order valence-corrected chi connectivity index (χ1v) is 7.34. The molecule has 0 amide bonds. The van der Waals surface area contributed by atoms with Crippen molar-refractivity contribution in [1.29, 1.82) is 0 Å². The van der Waals surface area contributed by atoms with Gasteiger partial charge in [0.15, 0.2) is 6.42 Å². The van der Waals surface area contributed by atoms with Crippen molar-refractivity contribution in [3.8, 4) is 0 Å². The molecule has 1 atom stereocenters. The van der Waals surface area contributed by atoms with E-state index in [1.807, 2.05) is 30.3 Å². The zero-order chi connectivity index (χ0) is 10.2. The van der Waals surface area contributed by atoms with Crippen molar-refractivity contribution < 1.29 is 4.52 Å². The van der Waals surface area contributed by atoms with Gasteiger partial charge in [-0.3, -0.25) is 5.09 Å². The molecule has 1 heterocycles. The third kappa shape index (κ3) is 1.91. The average molecular weight is 227 g/mol. The molecule has 4 heteroatoms. The van der Waals surface area contributed by atoms with Crippen molar-refractivity contribution in [2.45, 2.75) is 19.4 Å². The molecule has 0 spiro atoms. The molecular formula is C10H14NOPS. The summed E-state index contributed by atoms with van der Waals surface area (Å²) in [6, 6.07) is 10.1. The Labute approximate surface area is 89.8 Å². The zero-order valence-electron chi connectivity index (χ0n) is 8.36. The lowest BCUT2D eigenvalue weighted by Crippen LogP contribution is -2.34. The van der Waals surface area contributed by atoms with E-state index in [0.717, 1.165) is 5.30 Å². The van der Waals surface area contributed by atoms with Crippen molar-refractivity contribution >= 4 is 23.5 Å². The minimum absolute atomic E-state index is 0.00533. The van der Waals surface area contributed by atoms with Crippen LogP contribution in [0, 0.1) is 0 Å². The van der Waals surface area contributed by atoms with Crippen molar-refractivity contribution in [3.63, 3.8) is 0 Å². The zero-order valence-corrected chi connectivity index (χ0v) is 10.1. The first-order valence-electron chi connectivity index (χ1n) is 4.62. The Hall–Kier alpha value is -0.210. The van der Waals surface area contributed by atoms with Crippen LogP contribution in [0.25, 0.3) is 0 Å². The summed E-state index contributed by atoms with van der Waals surface area (Å²) in [4.78, 5) is 0. The molecule has 0 aromatic heterocycles. The summed E-state index contributed by atoms with van der Waals surface area (Å²) in [5.74, 6) is 0. The number of rotatable bonds is 1. The van der Waals surface area contributed by atoms with Gasteiger partial charge in [-0.25, -0.2) is 0 Å². The number of benzene rings is 1. The molecule has 2 rings (SSSR count). The van der Waals surface area contributed by atoms with Gasteiger partial charge in [-0.05, 0) is 25.7 Å². The minimum Gasteiger partial charge on any atom is -0.333 e. The fourth-order valence-electron chi connectivity index (χ4n) is 1.48. The third-order valence-electron chi connectivity index (χ3n) is 2.15. The summed E-state index contributed by atoms with van der Waals surface area (Å²) in [7, 11) is 0. The lowest BCUT2D eigenvalue weighted by molar-refractivity contribution is 0.309. The molecule has 0 radical (unpaired) electrons. The average Bonchev–Trinajstić information content (AvgIpc) is 2.44. The van der Waals surface area contributed by atoms with Gasteiger partial charge in [0.2, 0.25) is 0 Å². The SMILES string of the molecule is CC1(C)COP(=S)(c2ccccc2)N1. The highest BCUT2D eigenvalue weighted by Gasteiger charge is 2.37. The van der Waals surface area contributed by atoms with E-state index < -0.39 is 6.42 Å². The van der Waals surface area contributed by atoms with Gasteiger partial charge >= 0.3 is 0 Å². The van der Waals surface area contributed by atoms with Crippen LogP contribution in [0.2, 0.25) is 0 Å². The maximum Gasteiger partial charge on any atom is 0.159 e. The third-order valence-corrected chi connectivity index (χ3v) is 5.75. The van der Waals surface area contributed by atoms with Crippen LogP contribution in [0.4, 0.5) is 0 Å². The van der Waals surface area contributed by atoms with Gasteiger partial charge in [-0.1, -0.05) is 30.3 Å². The summed E-state index contributed by atoms with van der Waals surface area (Å²) in [6.45, 7) is 4.92. The standard InChI is InChI=1S/C10H14NOPS/c1-10(2)8-12-13(14,11-10)9-6-4-3-5-7-9/h3-7H,8H2,1-2H3,(H,11,14). The second kappa shape index (κ2) is 3.42. The predicted molar refractivity (Wildman–Crippen MR) is 63.5 cm³/mol. The maximum absolute atomic E-state index is 5.76. The van der Waals surface area contributed by atoms with Crippen LogP contribution in [-0.4, -0.2) is 12.1 Å². The molecule has 1 aliphatic rings. The van der Waals surface area contributed by atoms with E-state index >= 15 is 0 Å². The molecule has 1 aliphatic heterocycles. The summed E-state index contributed by atoms with van der Waals surface area (Å²) < 4.78 is 5.76. The first-order chi connectivity index (χ1) is 6.52. The molecule has 1 aromatic rings. The van der Waals surface area contributed by atoms with Crippen LogP contribution in [0.5, 0.6) is 0 Å². The number of hydrogen-bond donors (Lipinski definition) is 1. The van der Waals surface area contributed by atoms with Gasteiger partial charge in [0.25, 0.3) is 0 Å². The van der Waals surface area contributed by atoms with Crippen LogP contribution in [0.15, 0.2) is 30.3 Å². The first kappa shape index (κ1) is 10.3. The van der Waals surface area contributed by atoms with E-state index in [-0.39, 0.29) is 5.54 Å². The van der Waals surface area contributed by atoms with Gasteiger partial charge in [-0.15, -0.1) is 0 Å². The van der Waals surface area contributed by atoms with Crippen molar-refractivity contribution in [2.24, 2.45) is 0 Å². The van der Waals surface area contributed by atoms with Gasteiger partial charge in [0.1, 0.15) is 0 Å². The lowest BCUT2D eigenvalue weighted by atomic mass is 10.1. The quantitative estimate of drug-likeness (QED) is 0.742. The van der Waals surface area contributed by atoms with Crippen LogP contribution in [0.3, 0.4) is 0 Å². The molecule has 1 aromatic carbocycles.